The Morgan fingerprint density at radius 2 is 1.67 bits per heavy atom. The Balaban J connectivity index is 2.54. The highest BCUT2D eigenvalue weighted by Gasteiger charge is 2.44. The second-order valence-electron chi connectivity index (χ2n) is 6.31. The number of rotatable bonds is 6. The van der Waals surface area contributed by atoms with E-state index in [1.54, 1.807) is 0 Å². The number of piperidine rings is 1. The van der Waals surface area contributed by atoms with Crippen molar-refractivity contribution in [2.45, 2.75) is 64.6 Å². The average Bonchev–Trinajstić information content (AvgIpc) is 2.21. The topological polar surface area (TPSA) is 41.9 Å². The van der Waals surface area contributed by atoms with Gasteiger partial charge >= 0.3 is 0 Å². The van der Waals surface area contributed by atoms with Crippen LogP contribution in [0, 0.1) is 0 Å². The smallest absolute Gasteiger partial charge is 0.143 e. The van der Waals surface area contributed by atoms with Crippen LogP contribution in [0.1, 0.15) is 47.5 Å². The minimum Gasteiger partial charge on any atom is -0.376 e. The molecule has 1 rings (SSSR count). The minimum absolute atomic E-state index is 0.166. The van der Waals surface area contributed by atoms with Gasteiger partial charge in [-0.3, -0.25) is 4.90 Å². The summed E-state index contributed by atoms with van der Waals surface area (Å²) in [6, 6.07) is 0. The zero-order chi connectivity index (χ0) is 13.8. The van der Waals surface area contributed by atoms with Crippen molar-refractivity contribution in [3.63, 3.8) is 0 Å². The van der Waals surface area contributed by atoms with Crippen LogP contribution in [0.15, 0.2) is 0 Å². The van der Waals surface area contributed by atoms with E-state index >= 15 is 0 Å². The summed E-state index contributed by atoms with van der Waals surface area (Å²) >= 11 is 0. The molecule has 1 fully saturated rings. The van der Waals surface area contributed by atoms with E-state index in [0.29, 0.717) is 13.2 Å². The fourth-order valence-electron chi connectivity index (χ4n) is 3.54. The Morgan fingerprint density at radius 3 is 2.11 bits per heavy atom. The van der Waals surface area contributed by atoms with Crippen LogP contribution in [-0.4, -0.2) is 53.7 Å². The van der Waals surface area contributed by atoms with E-state index in [-0.39, 0.29) is 24.0 Å². The van der Waals surface area contributed by atoms with Crippen molar-refractivity contribution >= 4 is 0 Å². The summed E-state index contributed by atoms with van der Waals surface area (Å²) < 4.78 is 10.8. The predicted octanol–water partition coefficient (Wildman–Crippen LogP) is 2.01. The summed E-state index contributed by atoms with van der Waals surface area (Å²) in [7, 11) is 0. The van der Waals surface area contributed by atoms with Gasteiger partial charge in [0, 0.05) is 11.1 Å². The lowest BCUT2D eigenvalue weighted by Gasteiger charge is -2.55. The van der Waals surface area contributed by atoms with Crippen LogP contribution in [0.5, 0.6) is 0 Å². The Hall–Kier alpha value is -0.160. The first kappa shape index (κ1) is 15.9. The van der Waals surface area contributed by atoms with E-state index in [0.717, 1.165) is 19.4 Å². The third kappa shape index (κ3) is 3.92. The molecule has 1 N–H and O–H groups in total. The molecule has 0 saturated carbocycles. The summed E-state index contributed by atoms with van der Waals surface area (Å²) in [6.07, 6.45) is 2.37. The van der Waals surface area contributed by atoms with Crippen LogP contribution >= 0.6 is 0 Å². The van der Waals surface area contributed by atoms with Crippen molar-refractivity contribution in [2.75, 3.05) is 26.6 Å². The van der Waals surface area contributed by atoms with Gasteiger partial charge in [0.05, 0.1) is 19.3 Å². The average molecular weight is 259 g/mol. The van der Waals surface area contributed by atoms with Crippen LogP contribution in [0.4, 0.5) is 0 Å². The van der Waals surface area contributed by atoms with Gasteiger partial charge in [-0.15, -0.1) is 0 Å². The number of likely N-dealkylation sites (tertiary alicyclic amines) is 1. The molecule has 1 heterocycles. The molecule has 0 aliphatic carbocycles. The molecule has 0 amide bonds. The molecule has 18 heavy (non-hydrogen) atoms. The number of aliphatic hydroxyl groups is 1. The van der Waals surface area contributed by atoms with E-state index in [9.17, 15) is 0 Å². The third-order valence-corrected chi connectivity index (χ3v) is 3.90. The van der Waals surface area contributed by atoms with Gasteiger partial charge in [-0.2, -0.15) is 0 Å². The lowest BCUT2D eigenvalue weighted by atomic mass is 9.78. The number of hydrogen-bond donors (Lipinski definition) is 1. The summed E-state index contributed by atoms with van der Waals surface area (Å²) in [6.45, 7) is 13.2. The standard InChI is InChI=1S/C14H29NO3/c1-6-15-13(2,3)9-12(10-14(15,4)5)18-8-7-17-11-16/h12,16H,6-11H2,1-5H3. The lowest BCUT2D eigenvalue weighted by molar-refractivity contribution is -0.114. The number of aliphatic hydroxyl groups excluding tert-OH is 1. The normalized spacial score (nSPS) is 24.3. The van der Waals surface area contributed by atoms with E-state index in [4.69, 9.17) is 14.6 Å². The quantitative estimate of drug-likeness (QED) is 0.585. The summed E-state index contributed by atoms with van der Waals surface area (Å²) in [5.41, 5.74) is 0.331. The van der Waals surface area contributed by atoms with Crippen LogP contribution in [0.2, 0.25) is 0 Å². The molecule has 4 heteroatoms. The van der Waals surface area contributed by atoms with Crippen molar-refractivity contribution in [3.05, 3.63) is 0 Å². The summed E-state index contributed by atoms with van der Waals surface area (Å²) in [5.74, 6) is 0. The van der Waals surface area contributed by atoms with Crippen molar-refractivity contribution < 1.29 is 14.6 Å². The second kappa shape index (κ2) is 6.33. The zero-order valence-corrected chi connectivity index (χ0v) is 12.5. The molecule has 0 unspecified atom stereocenters. The lowest BCUT2D eigenvalue weighted by Crippen LogP contribution is -2.61. The van der Waals surface area contributed by atoms with E-state index < -0.39 is 0 Å². The highest BCUT2D eigenvalue weighted by atomic mass is 16.6. The Bertz CT molecular complexity index is 235. The van der Waals surface area contributed by atoms with Crippen LogP contribution in [0.25, 0.3) is 0 Å². The Labute approximate surface area is 111 Å². The molecule has 108 valence electrons. The van der Waals surface area contributed by atoms with Gasteiger partial charge in [0.2, 0.25) is 0 Å². The Morgan fingerprint density at radius 1 is 1.11 bits per heavy atom. The largest absolute Gasteiger partial charge is 0.376 e. The molecular formula is C14H29NO3. The van der Waals surface area contributed by atoms with Gasteiger partial charge in [0.15, 0.2) is 0 Å². The number of nitrogens with zero attached hydrogens (tertiary/aromatic N) is 1. The number of hydrogen-bond acceptors (Lipinski definition) is 4. The molecule has 0 radical (unpaired) electrons. The summed E-state index contributed by atoms with van der Waals surface area (Å²) in [5, 5.41) is 8.55. The minimum atomic E-state index is -0.228. The van der Waals surface area contributed by atoms with Gasteiger partial charge in [-0.05, 0) is 47.1 Å². The third-order valence-electron chi connectivity index (χ3n) is 3.90. The monoisotopic (exact) mass is 259 g/mol. The molecule has 1 saturated heterocycles. The van der Waals surface area contributed by atoms with Crippen LogP contribution in [-0.2, 0) is 9.47 Å². The number of ether oxygens (including phenoxy) is 2. The van der Waals surface area contributed by atoms with E-state index in [2.05, 4.69) is 39.5 Å². The molecule has 0 spiro atoms. The van der Waals surface area contributed by atoms with Gasteiger partial charge in [0.1, 0.15) is 6.79 Å². The molecular weight excluding hydrogens is 230 g/mol. The van der Waals surface area contributed by atoms with Crippen molar-refractivity contribution in [3.8, 4) is 0 Å². The maximum absolute atomic E-state index is 8.55. The molecule has 1 aliphatic heterocycles. The predicted molar refractivity (Wildman–Crippen MR) is 72.5 cm³/mol. The van der Waals surface area contributed by atoms with Crippen LogP contribution in [0.3, 0.4) is 0 Å². The van der Waals surface area contributed by atoms with Gasteiger partial charge in [-0.25, -0.2) is 0 Å². The van der Waals surface area contributed by atoms with Crippen molar-refractivity contribution in [1.82, 2.24) is 4.90 Å². The highest BCUT2D eigenvalue weighted by Crippen LogP contribution is 2.39. The molecule has 0 aromatic heterocycles. The fourth-order valence-corrected chi connectivity index (χ4v) is 3.54. The molecule has 0 bridgehead atoms. The molecule has 0 atom stereocenters. The van der Waals surface area contributed by atoms with E-state index in [1.807, 2.05) is 0 Å². The molecule has 1 aliphatic rings. The highest BCUT2D eigenvalue weighted by molar-refractivity contribution is 5.00. The van der Waals surface area contributed by atoms with Crippen molar-refractivity contribution in [2.24, 2.45) is 0 Å². The molecule has 0 aromatic rings. The van der Waals surface area contributed by atoms with Gasteiger partial charge in [0.25, 0.3) is 0 Å². The SMILES string of the molecule is CCN1C(C)(C)CC(OCCOCO)CC1(C)C. The molecule has 4 nitrogen and oxygen atoms in total. The molecule has 0 aromatic carbocycles. The maximum atomic E-state index is 8.55. The van der Waals surface area contributed by atoms with Crippen LogP contribution < -0.4 is 0 Å². The van der Waals surface area contributed by atoms with Gasteiger partial charge in [-0.1, -0.05) is 6.92 Å². The second-order valence-corrected chi connectivity index (χ2v) is 6.31. The van der Waals surface area contributed by atoms with E-state index in [1.165, 1.54) is 0 Å². The first-order valence-electron chi connectivity index (χ1n) is 6.91. The Kier molecular flexibility index (Phi) is 5.59. The van der Waals surface area contributed by atoms with Crippen molar-refractivity contribution in [1.29, 1.82) is 0 Å². The first-order valence-corrected chi connectivity index (χ1v) is 6.91. The maximum Gasteiger partial charge on any atom is 0.143 e. The first-order chi connectivity index (χ1) is 8.33. The fraction of sp³-hybridized carbons (Fsp3) is 1.00. The zero-order valence-electron chi connectivity index (χ0n) is 12.5. The van der Waals surface area contributed by atoms with Gasteiger partial charge < -0.3 is 14.6 Å². The summed E-state index contributed by atoms with van der Waals surface area (Å²) in [4.78, 5) is 2.56.